The Morgan fingerprint density at radius 2 is 1.56 bits per heavy atom. The van der Waals surface area contributed by atoms with Crippen molar-refractivity contribution in [1.82, 2.24) is 0 Å². The summed E-state index contributed by atoms with van der Waals surface area (Å²) in [6.07, 6.45) is 1.47. The monoisotopic (exact) mass is 424 g/mol. The third kappa shape index (κ3) is 3.33. The van der Waals surface area contributed by atoms with Crippen LogP contribution in [0.3, 0.4) is 0 Å². The van der Waals surface area contributed by atoms with Gasteiger partial charge in [-0.3, -0.25) is 4.79 Å². The zero-order valence-corrected chi connectivity index (χ0v) is 19.1. The van der Waals surface area contributed by atoms with Gasteiger partial charge in [0, 0.05) is 5.56 Å². The van der Waals surface area contributed by atoms with Crippen molar-refractivity contribution >= 4 is 35.2 Å². The minimum Gasteiger partial charge on any atom is -0.542 e. The zero-order chi connectivity index (χ0) is 19.1. The molecule has 0 aliphatic carbocycles. The number of aryl methyl sites for hydroxylation is 2. The molecule has 0 saturated heterocycles. The van der Waals surface area contributed by atoms with Gasteiger partial charge in [-0.1, -0.05) is 41.5 Å². The molecule has 0 spiro atoms. The lowest BCUT2D eigenvalue weighted by molar-refractivity contribution is 0.472. The highest BCUT2D eigenvalue weighted by molar-refractivity contribution is 9.10. The topological polar surface area (TPSA) is 39.4 Å². The maximum absolute atomic E-state index is 12.4. The van der Waals surface area contributed by atoms with Crippen molar-refractivity contribution in [1.29, 1.82) is 0 Å². The van der Waals surface area contributed by atoms with E-state index in [1.54, 1.807) is 0 Å². The van der Waals surface area contributed by atoms with Gasteiger partial charge >= 0.3 is 0 Å². The Morgan fingerprint density at radius 3 is 2.04 bits per heavy atom. The molecule has 1 heterocycles. The van der Waals surface area contributed by atoms with E-state index in [1.165, 1.54) is 6.26 Å². The van der Waals surface area contributed by atoms with Gasteiger partial charge in [0.2, 0.25) is 5.43 Å². The summed E-state index contributed by atoms with van der Waals surface area (Å²) in [5, 5.41) is 0.600. The largest absolute Gasteiger partial charge is 0.542 e. The molecule has 0 N–H and O–H groups in total. The van der Waals surface area contributed by atoms with Crippen molar-refractivity contribution in [3.05, 3.63) is 38.2 Å². The third-order valence-corrected chi connectivity index (χ3v) is 11.9. The van der Waals surface area contributed by atoms with Crippen LogP contribution in [0.4, 0.5) is 0 Å². The molecule has 138 valence electrons. The predicted octanol–water partition coefficient (Wildman–Crippen LogP) is 6.73. The Morgan fingerprint density at radius 1 is 1.04 bits per heavy atom. The molecule has 0 saturated carbocycles. The molecule has 2 aromatic rings. The van der Waals surface area contributed by atoms with Gasteiger partial charge in [0.1, 0.15) is 22.1 Å². The summed E-state index contributed by atoms with van der Waals surface area (Å²) in [5.74, 6) is 0.890. The zero-order valence-electron chi connectivity index (χ0n) is 16.5. The van der Waals surface area contributed by atoms with Crippen LogP contribution in [0.2, 0.25) is 16.6 Å². The summed E-state index contributed by atoms with van der Waals surface area (Å²) in [6.45, 7) is 17.6. The van der Waals surface area contributed by atoms with Gasteiger partial charge in [0.15, 0.2) is 0 Å². The molecule has 0 amide bonds. The molecule has 5 heteroatoms. The molecule has 0 atom stereocenters. The fourth-order valence-corrected chi connectivity index (χ4v) is 9.93. The summed E-state index contributed by atoms with van der Waals surface area (Å²) in [4.78, 5) is 12.4. The van der Waals surface area contributed by atoms with E-state index in [0.29, 0.717) is 32.1 Å². The number of fused-ring (bicyclic) bond motifs is 1. The van der Waals surface area contributed by atoms with Crippen LogP contribution >= 0.6 is 15.9 Å². The second-order valence-corrected chi connectivity index (χ2v) is 14.1. The highest BCUT2D eigenvalue weighted by atomic mass is 79.9. The highest BCUT2D eigenvalue weighted by Crippen LogP contribution is 2.44. The molecular formula is C20H29BrO3Si. The van der Waals surface area contributed by atoms with Crippen molar-refractivity contribution in [3.8, 4) is 5.75 Å². The first-order chi connectivity index (χ1) is 11.5. The summed E-state index contributed by atoms with van der Waals surface area (Å²) in [6, 6.07) is 1.90. The van der Waals surface area contributed by atoms with Gasteiger partial charge < -0.3 is 8.84 Å². The Bertz CT molecular complexity index is 815. The van der Waals surface area contributed by atoms with Crippen LogP contribution in [-0.4, -0.2) is 8.32 Å². The third-order valence-electron chi connectivity index (χ3n) is 5.37. The molecule has 1 aromatic heterocycles. The van der Waals surface area contributed by atoms with Gasteiger partial charge in [-0.15, -0.1) is 0 Å². The van der Waals surface area contributed by atoms with Gasteiger partial charge in [-0.2, -0.15) is 0 Å². The molecule has 0 aliphatic rings. The van der Waals surface area contributed by atoms with Gasteiger partial charge in [-0.25, -0.2) is 0 Å². The highest BCUT2D eigenvalue weighted by Gasteiger charge is 2.47. The average molecular weight is 425 g/mol. The molecule has 1 aromatic carbocycles. The van der Waals surface area contributed by atoms with Gasteiger partial charge in [0.25, 0.3) is 8.32 Å². The van der Waals surface area contributed by atoms with E-state index in [4.69, 9.17) is 8.84 Å². The molecule has 0 radical (unpaired) electrons. The standard InChI is InChI=1S/C20H29BrO3Si/c1-11(2)25(12(3)4,13(5)6)24-19-14(7)9-16-18(22)17(21)10-23-20(16)15(19)8/h9-13H,1-8H3. The fourth-order valence-electron chi connectivity index (χ4n) is 4.25. The second kappa shape index (κ2) is 7.27. The smallest absolute Gasteiger partial charge is 0.258 e. The van der Waals surface area contributed by atoms with Gasteiger partial charge in [-0.05, 0) is 58.0 Å². The van der Waals surface area contributed by atoms with Crippen LogP contribution in [0.5, 0.6) is 5.75 Å². The lowest BCUT2D eigenvalue weighted by Crippen LogP contribution is -2.51. The minimum atomic E-state index is -2.07. The van der Waals surface area contributed by atoms with Crippen LogP contribution in [0, 0.1) is 13.8 Å². The van der Waals surface area contributed by atoms with Crippen LogP contribution in [-0.2, 0) is 0 Å². The number of rotatable bonds is 5. The number of hydrogen-bond donors (Lipinski definition) is 0. The summed E-state index contributed by atoms with van der Waals surface area (Å²) < 4.78 is 13.1. The molecule has 0 fully saturated rings. The SMILES string of the molecule is Cc1cc2c(=O)c(Br)coc2c(C)c1O[Si](C(C)C)(C(C)C)C(C)C. The van der Waals surface area contributed by atoms with Crippen molar-refractivity contribution in [2.24, 2.45) is 0 Å². The molecule has 3 nitrogen and oxygen atoms in total. The first kappa shape index (κ1) is 20.2. The summed E-state index contributed by atoms with van der Waals surface area (Å²) in [5.41, 5.74) is 3.94. The Hall–Kier alpha value is -1.07. The number of halogens is 1. The van der Waals surface area contributed by atoms with Crippen molar-refractivity contribution in [3.63, 3.8) is 0 Å². The molecular weight excluding hydrogens is 396 g/mol. The first-order valence-electron chi connectivity index (χ1n) is 8.94. The normalized spacial score (nSPS) is 12.6. The second-order valence-electron chi connectivity index (χ2n) is 7.86. The van der Waals surface area contributed by atoms with Crippen LogP contribution in [0.25, 0.3) is 11.0 Å². The average Bonchev–Trinajstić information content (AvgIpc) is 2.50. The Balaban J connectivity index is 2.73. The van der Waals surface area contributed by atoms with E-state index in [9.17, 15) is 4.79 Å². The van der Waals surface area contributed by atoms with E-state index in [0.717, 1.165) is 16.9 Å². The minimum absolute atomic E-state index is 0.0425. The van der Waals surface area contributed by atoms with E-state index in [1.807, 2.05) is 19.9 Å². The Labute approximate surface area is 160 Å². The number of hydrogen-bond acceptors (Lipinski definition) is 3. The molecule has 0 unspecified atom stereocenters. The van der Waals surface area contributed by atoms with Gasteiger partial charge in [0.05, 0.1) is 5.39 Å². The molecule has 2 rings (SSSR count). The first-order valence-corrected chi connectivity index (χ1v) is 11.9. The Kier molecular flexibility index (Phi) is 5.89. The van der Waals surface area contributed by atoms with Crippen molar-refractivity contribution in [2.45, 2.75) is 72.0 Å². The van der Waals surface area contributed by atoms with Crippen LogP contribution in [0.15, 0.2) is 26.0 Å². The maximum Gasteiger partial charge on any atom is 0.258 e. The summed E-state index contributed by atoms with van der Waals surface area (Å²) >= 11 is 3.26. The van der Waals surface area contributed by atoms with E-state index >= 15 is 0 Å². The van der Waals surface area contributed by atoms with Crippen LogP contribution in [0.1, 0.15) is 52.7 Å². The lowest BCUT2D eigenvalue weighted by atomic mass is 10.1. The summed E-state index contributed by atoms with van der Waals surface area (Å²) in [7, 11) is -2.07. The van der Waals surface area contributed by atoms with Crippen molar-refractivity contribution < 1.29 is 8.84 Å². The molecule has 0 aliphatic heterocycles. The number of benzene rings is 1. The quantitative estimate of drug-likeness (QED) is 0.499. The van der Waals surface area contributed by atoms with E-state index in [2.05, 4.69) is 57.5 Å². The van der Waals surface area contributed by atoms with E-state index in [-0.39, 0.29) is 5.43 Å². The maximum atomic E-state index is 12.4. The molecule has 0 bridgehead atoms. The lowest BCUT2D eigenvalue weighted by Gasteiger charge is -2.43. The van der Waals surface area contributed by atoms with Crippen molar-refractivity contribution in [2.75, 3.05) is 0 Å². The van der Waals surface area contributed by atoms with E-state index < -0.39 is 8.32 Å². The fraction of sp³-hybridized carbons (Fsp3) is 0.550. The van der Waals surface area contributed by atoms with Crippen LogP contribution < -0.4 is 9.85 Å². The molecule has 25 heavy (non-hydrogen) atoms. The predicted molar refractivity (Wildman–Crippen MR) is 111 cm³/mol.